The van der Waals surface area contributed by atoms with Crippen LogP contribution >= 0.6 is 23.2 Å². The molecule has 0 saturated heterocycles. The van der Waals surface area contributed by atoms with Crippen molar-refractivity contribution in [2.75, 3.05) is 0 Å². The lowest BCUT2D eigenvalue weighted by atomic mass is 9.99. The van der Waals surface area contributed by atoms with E-state index in [1.807, 2.05) is 19.9 Å². The third-order valence-electron chi connectivity index (χ3n) is 2.99. The summed E-state index contributed by atoms with van der Waals surface area (Å²) in [5, 5.41) is 13.1. The summed E-state index contributed by atoms with van der Waals surface area (Å²) >= 11 is 11.7. The zero-order chi connectivity index (χ0) is 13.7. The first kappa shape index (κ1) is 15.3. The predicted molar refractivity (Wildman–Crippen MR) is 74.2 cm³/mol. The van der Waals surface area contributed by atoms with Gasteiger partial charge in [-0.05, 0) is 23.6 Å². The third kappa shape index (κ3) is 4.16. The van der Waals surface area contributed by atoms with Crippen molar-refractivity contribution in [2.45, 2.75) is 32.9 Å². The minimum atomic E-state index is -0.829. The van der Waals surface area contributed by atoms with Crippen molar-refractivity contribution in [3.05, 3.63) is 33.8 Å². The molecule has 1 aromatic rings. The predicted octanol–water partition coefficient (Wildman–Crippen LogP) is 3.58. The minimum Gasteiger partial charge on any atom is -0.480 e. The Morgan fingerprint density at radius 2 is 2.06 bits per heavy atom. The molecule has 3 nitrogen and oxygen atoms in total. The fourth-order valence-electron chi connectivity index (χ4n) is 1.64. The summed E-state index contributed by atoms with van der Waals surface area (Å²) in [5.74, 6) is -0.755. The van der Waals surface area contributed by atoms with E-state index in [0.717, 1.165) is 12.0 Å². The van der Waals surface area contributed by atoms with Gasteiger partial charge in [-0.25, -0.2) is 0 Å². The smallest absolute Gasteiger partial charge is 0.320 e. The van der Waals surface area contributed by atoms with E-state index in [1.54, 1.807) is 12.1 Å². The second-order valence-electron chi connectivity index (χ2n) is 4.33. The van der Waals surface area contributed by atoms with Gasteiger partial charge in [-0.3, -0.25) is 4.79 Å². The van der Waals surface area contributed by atoms with Gasteiger partial charge in [0.2, 0.25) is 0 Å². The first-order chi connectivity index (χ1) is 8.45. The van der Waals surface area contributed by atoms with Gasteiger partial charge in [0, 0.05) is 6.54 Å². The highest BCUT2D eigenvalue weighted by molar-refractivity contribution is 6.42. The summed E-state index contributed by atoms with van der Waals surface area (Å²) < 4.78 is 0. The highest BCUT2D eigenvalue weighted by Gasteiger charge is 2.22. The molecule has 5 heteroatoms. The summed E-state index contributed by atoms with van der Waals surface area (Å²) in [6.45, 7) is 4.35. The number of carboxylic acids is 1. The number of carboxylic acid groups (broad SMARTS) is 1. The maximum Gasteiger partial charge on any atom is 0.320 e. The molecular formula is C13H17Cl2NO2. The molecule has 2 atom stereocenters. The topological polar surface area (TPSA) is 49.3 Å². The fraction of sp³-hybridized carbons (Fsp3) is 0.462. The van der Waals surface area contributed by atoms with Crippen molar-refractivity contribution < 1.29 is 9.90 Å². The number of halogens is 2. The second-order valence-corrected chi connectivity index (χ2v) is 5.15. The molecule has 100 valence electrons. The molecule has 0 amide bonds. The molecule has 1 rings (SSSR count). The lowest BCUT2D eigenvalue weighted by Crippen LogP contribution is -2.41. The van der Waals surface area contributed by atoms with Crippen LogP contribution in [0.2, 0.25) is 10.0 Å². The molecule has 0 saturated carbocycles. The molecule has 0 radical (unpaired) electrons. The standard InChI is InChI=1S/C13H17Cl2NO2/c1-3-8(2)12(13(17)18)16-7-9-4-5-10(14)11(15)6-9/h4-6,8,12,16H,3,7H2,1-2H3,(H,17,18)/t8-,12-/m0/s1. The van der Waals surface area contributed by atoms with Crippen LogP contribution in [0.15, 0.2) is 18.2 Å². The summed E-state index contributed by atoms with van der Waals surface area (Å²) in [4.78, 5) is 11.1. The normalized spacial score (nSPS) is 14.2. The van der Waals surface area contributed by atoms with Crippen molar-refractivity contribution in [1.82, 2.24) is 5.32 Å². The SMILES string of the molecule is CC[C@H](C)[C@H](NCc1ccc(Cl)c(Cl)c1)C(=O)O. The van der Waals surface area contributed by atoms with E-state index < -0.39 is 12.0 Å². The van der Waals surface area contributed by atoms with Crippen molar-refractivity contribution >= 4 is 29.2 Å². The summed E-state index contributed by atoms with van der Waals surface area (Å²) in [6.07, 6.45) is 0.811. The number of benzene rings is 1. The molecule has 0 unspecified atom stereocenters. The van der Waals surface area contributed by atoms with Crippen LogP contribution in [0, 0.1) is 5.92 Å². The first-order valence-corrected chi connectivity index (χ1v) is 6.61. The van der Waals surface area contributed by atoms with Gasteiger partial charge < -0.3 is 10.4 Å². The van der Waals surface area contributed by atoms with Gasteiger partial charge >= 0.3 is 5.97 Å². The third-order valence-corrected chi connectivity index (χ3v) is 3.73. The highest BCUT2D eigenvalue weighted by atomic mass is 35.5. The van der Waals surface area contributed by atoms with Crippen LogP contribution in [0.3, 0.4) is 0 Å². The van der Waals surface area contributed by atoms with E-state index >= 15 is 0 Å². The number of hydrogen-bond acceptors (Lipinski definition) is 2. The summed E-state index contributed by atoms with van der Waals surface area (Å²) in [6, 6.07) is 4.73. The number of nitrogens with one attached hydrogen (secondary N) is 1. The molecule has 18 heavy (non-hydrogen) atoms. The molecule has 1 aromatic carbocycles. The van der Waals surface area contributed by atoms with Gasteiger partial charge in [0.05, 0.1) is 10.0 Å². The van der Waals surface area contributed by atoms with Crippen molar-refractivity contribution in [3.63, 3.8) is 0 Å². The first-order valence-electron chi connectivity index (χ1n) is 5.85. The van der Waals surface area contributed by atoms with Crippen LogP contribution in [0.25, 0.3) is 0 Å². The molecule has 0 bridgehead atoms. The zero-order valence-electron chi connectivity index (χ0n) is 10.4. The van der Waals surface area contributed by atoms with E-state index in [4.69, 9.17) is 28.3 Å². The molecule has 2 N–H and O–H groups in total. The van der Waals surface area contributed by atoms with Crippen LogP contribution in [0.4, 0.5) is 0 Å². The molecular weight excluding hydrogens is 273 g/mol. The van der Waals surface area contributed by atoms with E-state index in [0.29, 0.717) is 16.6 Å². The summed E-state index contributed by atoms with van der Waals surface area (Å²) in [7, 11) is 0. The van der Waals surface area contributed by atoms with Crippen LogP contribution < -0.4 is 5.32 Å². The Labute approximate surface area is 117 Å². The maximum atomic E-state index is 11.1. The van der Waals surface area contributed by atoms with E-state index in [1.165, 1.54) is 0 Å². The second kappa shape index (κ2) is 6.98. The quantitative estimate of drug-likeness (QED) is 0.842. The largest absolute Gasteiger partial charge is 0.480 e. The average molecular weight is 290 g/mol. The highest BCUT2D eigenvalue weighted by Crippen LogP contribution is 2.22. The molecule has 0 aliphatic heterocycles. The number of aliphatic carboxylic acids is 1. The summed E-state index contributed by atoms with van der Waals surface area (Å²) in [5.41, 5.74) is 0.916. The van der Waals surface area contributed by atoms with Crippen molar-refractivity contribution in [1.29, 1.82) is 0 Å². The molecule has 0 aliphatic rings. The van der Waals surface area contributed by atoms with Gasteiger partial charge in [-0.2, -0.15) is 0 Å². The Morgan fingerprint density at radius 1 is 1.39 bits per heavy atom. The Kier molecular flexibility index (Phi) is 5.93. The minimum absolute atomic E-state index is 0.0743. The number of carbonyl (C=O) groups is 1. The number of rotatable bonds is 6. The molecule has 0 aliphatic carbocycles. The molecule has 0 heterocycles. The number of hydrogen-bond donors (Lipinski definition) is 2. The fourth-order valence-corrected chi connectivity index (χ4v) is 1.97. The van der Waals surface area contributed by atoms with E-state index in [9.17, 15) is 4.79 Å². The Balaban J connectivity index is 2.67. The average Bonchev–Trinajstić information content (AvgIpc) is 2.33. The zero-order valence-corrected chi connectivity index (χ0v) is 11.9. The van der Waals surface area contributed by atoms with Gasteiger partial charge in [0.15, 0.2) is 0 Å². The van der Waals surface area contributed by atoms with Gasteiger partial charge in [-0.1, -0.05) is 49.5 Å². The van der Waals surface area contributed by atoms with E-state index in [-0.39, 0.29) is 5.92 Å². The van der Waals surface area contributed by atoms with Gasteiger partial charge in [-0.15, -0.1) is 0 Å². The Hall–Kier alpha value is -0.770. The molecule has 0 fully saturated rings. The van der Waals surface area contributed by atoms with Gasteiger partial charge in [0.1, 0.15) is 6.04 Å². The van der Waals surface area contributed by atoms with Crippen molar-refractivity contribution in [3.8, 4) is 0 Å². The Morgan fingerprint density at radius 3 is 2.56 bits per heavy atom. The van der Waals surface area contributed by atoms with Crippen molar-refractivity contribution in [2.24, 2.45) is 5.92 Å². The van der Waals surface area contributed by atoms with Crippen LogP contribution in [0.5, 0.6) is 0 Å². The maximum absolute atomic E-state index is 11.1. The van der Waals surface area contributed by atoms with Crippen LogP contribution in [-0.4, -0.2) is 17.1 Å². The lowest BCUT2D eigenvalue weighted by Gasteiger charge is -2.20. The molecule has 0 spiro atoms. The van der Waals surface area contributed by atoms with Gasteiger partial charge in [0.25, 0.3) is 0 Å². The molecule has 0 aromatic heterocycles. The van der Waals surface area contributed by atoms with Crippen LogP contribution in [0.1, 0.15) is 25.8 Å². The van der Waals surface area contributed by atoms with E-state index in [2.05, 4.69) is 5.32 Å². The monoisotopic (exact) mass is 289 g/mol. The Bertz CT molecular complexity index is 423. The van der Waals surface area contributed by atoms with Crippen LogP contribution in [-0.2, 0) is 11.3 Å². The lowest BCUT2D eigenvalue weighted by molar-refractivity contribution is -0.140.